The van der Waals surface area contributed by atoms with Crippen molar-refractivity contribution in [2.24, 2.45) is 0 Å². The van der Waals surface area contributed by atoms with Crippen LogP contribution < -0.4 is 5.32 Å². The lowest BCUT2D eigenvalue weighted by molar-refractivity contribution is 0.610. The Labute approximate surface area is 90.1 Å². The van der Waals surface area contributed by atoms with Crippen LogP contribution in [0.5, 0.6) is 0 Å². The summed E-state index contributed by atoms with van der Waals surface area (Å²) in [6.07, 6.45) is 13.1. The molecule has 1 aliphatic carbocycles. The molecule has 0 fully saturated rings. The van der Waals surface area contributed by atoms with Crippen LogP contribution in [0.3, 0.4) is 0 Å². The van der Waals surface area contributed by atoms with Crippen molar-refractivity contribution in [1.29, 1.82) is 0 Å². The number of rotatable bonds is 3. The van der Waals surface area contributed by atoms with Gasteiger partial charge < -0.3 is 5.32 Å². The Morgan fingerprint density at radius 3 is 2.79 bits per heavy atom. The van der Waals surface area contributed by atoms with Crippen molar-refractivity contribution in [3.63, 3.8) is 0 Å². The molecule has 0 radical (unpaired) electrons. The highest BCUT2D eigenvalue weighted by Gasteiger charge is 2.00. The summed E-state index contributed by atoms with van der Waals surface area (Å²) < 4.78 is 0. The fourth-order valence-electron chi connectivity index (χ4n) is 1.22. The highest BCUT2D eigenvalue weighted by Crippen LogP contribution is 2.10. The molecule has 0 spiro atoms. The maximum atomic E-state index is 3.23. The number of nitrogens with one attached hydrogen (secondary N) is 1. The Morgan fingerprint density at radius 1 is 1.43 bits per heavy atom. The fourth-order valence-corrected chi connectivity index (χ4v) is 1.22. The van der Waals surface area contributed by atoms with Crippen LogP contribution in [0, 0.1) is 0 Å². The van der Waals surface area contributed by atoms with Gasteiger partial charge in [-0.2, -0.15) is 0 Å². The third kappa shape index (κ3) is 5.76. The second-order valence-corrected chi connectivity index (χ2v) is 3.20. The van der Waals surface area contributed by atoms with Crippen LogP contribution in [-0.2, 0) is 0 Å². The van der Waals surface area contributed by atoms with E-state index in [4.69, 9.17) is 0 Å². The van der Waals surface area contributed by atoms with E-state index < -0.39 is 0 Å². The highest BCUT2D eigenvalue weighted by molar-refractivity contribution is 5.27. The van der Waals surface area contributed by atoms with Gasteiger partial charge in [-0.25, -0.2) is 0 Å². The summed E-state index contributed by atoms with van der Waals surface area (Å²) in [7, 11) is 2.00. The third-order valence-electron chi connectivity index (χ3n) is 2.09. The van der Waals surface area contributed by atoms with E-state index in [1.807, 2.05) is 20.9 Å². The number of allylic oxidation sites excluding steroid dienone is 5. The van der Waals surface area contributed by atoms with Gasteiger partial charge in [0, 0.05) is 7.47 Å². The molecule has 1 N–H and O–H groups in total. The summed E-state index contributed by atoms with van der Waals surface area (Å²) >= 11 is 0. The van der Waals surface area contributed by atoms with Crippen molar-refractivity contribution in [2.45, 2.75) is 39.7 Å². The first-order chi connectivity index (χ1) is 6.83. The molecule has 1 unspecified atom stereocenters. The van der Waals surface area contributed by atoms with E-state index in [1.165, 1.54) is 5.57 Å². The Balaban J connectivity index is 0. The molecule has 1 heteroatoms. The van der Waals surface area contributed by atoms with Crippen LogP contribution in [0.1, 0.15) is 35.0 Å². The Hall–Kier alpha value is -0.820. The zero-order valence-corrected chi connectivity index (χ0v) is 9.88. The summed E-state index contributed by atoms with van der Waals surface area (Å²) in [5.41, 5.74) is 1.41. The zero-order chi connectivity index (χ0) is 10.8. The van der Waals surface area contributed by atoms with Crippen molar-refractivity contribution in [2.75, 3.05) is 7.05 Å². The van der Waals surface area contributed by atoms with E-state index in [2.05, 4.69) is 42.6 Å². The SMILES string of the molecule is CC.CNC(C)CC1=CC=CCC=C1.[HH]. The van der Waals surface area contributed by atoms with Crippen LogP contribution in [0.15, 0.2) is 36.0 Å². The molecule has 14 heavy (non-hydrogen) atoms. The average molecular weight is 195 g/mol. The van der Waals surface area contributed by atoms with Crippen molar-refractivity contribution >= 4 is 0 Å². The Kier molecular flexibility index (Phi) is 8.25. The van der Waals surface area contributed by atoms with Gasteiger partial charge in [0.2, 0.25) is 0 Å². The number of hydrogen-bond acceptors (Lipinski definition) is 1. The molecule has 1 nitrogen and oxygen atoms in total. The Bertz CT molecular complexity index is 217. The van der Waals surface area contributed by atoms with Gasteiger partial charge in [-0.1, -0.05) is 44.2 Å². The van der Waals surface area contributed by atoms with E-state index in [1.54, 1.807) is 0 Å². The first-order valence-electron chi connectivity index (χ1n) is 5.52. The monoisotopic (exact) mass is 195 g/mol. The zero-order valence-electron chi connectivity index (χ0n) is 9.88. The van der Waals surface area contributed by atoms with Crippen molar-refractivity contribution in [3.05, 3.63) is 36.0 Å². The molecule has 82 valence electrons. The van der Waals surface area contributed by atoms with Gasteiger partial charge in [-0.15, -0.1) is 0 Å². The molecule has 0 aromatic rings. The van der Waals surface area contributed by atoms with Gasteiger partial charge in [0.15, 0.2) is 0 Å². The average Bonchev–Trinajstić information content (AvgIpc) is 2.49. The molecule has 0 amide bonds. The summed E-state index contributed by atoms with van der Waals surface area (Å²) in [6, 6.07) is 0.562. The van der Waals surface area contributed by atoms with E-state index in [9.17, 15) is 0 Å². The summed E-state index contributed by atoms with van der Waals surface area (Å²) in [6.45, 7) is 6.20. The molecule has 0 heterocycles. The molecule has 0 bridgehead atoms. The van der Waals surface area contributed by atoms with E-state index in [0.717, 1.165) is 12.8 Å². The van der Waals surface area contributed by atoms with Gasteiger partial charge in [0.25, 0.3) is 0 Å². The van der Waals surface area contributed by atoms with E-state index in [-0.39, 0.29) is 1.43 Å². The molecule has 1 rings (SSSR count). The second kappa shape index (κ2) is 8.76. The number of hydrogen-bond donors (Lipinski definition) is 1. The van der Waals surface area contributed by atoms with Crippen molar-refractivity contribution in [3.8, 4) is 0 Å². The topological polar surface area (TPSA) is 12.0 Å². The summed E-state index contributed by atoms with van der Waals surface area (Å²) in [5, 5.41) is 3.23. The molecular weight excluding hydrogens is 170 g/mol. The van der Waals surface area contributed by atoms with Gasteiger partial charge in [-0.05, 0) is 32.4 Å². The van der Waals surface area contributed by atoms with Crippen LogP contribution in [0.25, 0.3) is 0 Å². The molecule has 0 saturated carbocycles. The second-order valence-electron chi connectivity index (χ2n) is 3.20. The first-order valence-corrected chi connectivity index (χ1v) is 5.52. The molecule has 0 saturated heterocycles. The van der Waals surface area contributed by atoms with Gasteiger partial charge in [0.1, 0.15) is 0 Å². The minimum atomic E-state index is 0. The molecule has 0 aromatic heterocycles. The van der Waals surface area contributed by atoms with Gasteiger partial charge in [0.05, 0.1) is 0 Å². The normalized spacial score (nSPS) is 16.4. The van der Waals surface area contributed by atoms with Gasteiger partial charge in [-0.3, -0.25) is 0 Å². The molecular formula is C13H25N. The predicted molar refractivity (Wildman–Crippen MR) is 67.6 cm³/mol. The van der Waals surface area contributed by atoms with Crippen LogP contribution in [0.2, 0.25) is 0 Å². The molecule has 1 atom stereocenters. The minimum absolute atomic E-state index is 0. The quantitative estimate of drug-likeness (QED) is 0.724. The van der Waals surface area contributed by atoms with Crippen LogP contribution >= 0.6 is 0 Å². The molecule has 0 aromatic carbocycles. The summed E-state index contributed by atoms with van der Waals surface area (Å²) in [4.78, 5) is 0. The van der Waals surface area contributed by atoms with Crippen molar-refractivity contribution in [1.82, 2.24) is 5.32 Å². The molecule has 0 aliphatic heterocycles. The third-order valence-corrected chi connectivity index (χ3v) is 2.09. The largest absolute Gasteiger partial charge is 0.317 e. The molecule has 1 aliphatic rings. The van der Waals surface area contributed by atoms with Crippen LogP contribution in [0.4, 0.5) is 0 Å². The van der Waals surface area contributed by atoms with Crippen LogP contribution in [-0.4, -0.2) is 13.1 Å². The van der Waals surface area contributed by atoms with Gasteiger partial charge >= 0.3 is 0 Å². The smallest absolute Gasteiger partial charge is 0.00761 e. The lowest BCUT2D eigenvalue weighted by Gasteiger charge is -2.09. The minimum Gasteiger partial charge on any atom is -0.317 e. The summed E-state index contributed by atoms with van der Waals surface area (Å²) in [5.74, 6) is 0. The lowest BCUT2D eigenvalue weighted by atomic mass is 10.1. The lowest BCUT2D eigenvalue weighted by Crippen LogP contribution is -2.21. The predicted octanol–water partition coefficient (Wildman–Crippen LogP) is 3.70. The maximum absolute atomic E-state index is 3.23. The highest BCUT2D eigenvalue weighted by atomic mass is 14.8. The van der Waals surface area contributed by atoms with E-state index in [0.29, 0.717) is 6.04 Å². The van der Waals surface area contributed by atoms with E-state index >= 15 is 0 Å². The van der Waals surface area contributed by atoms with Crippen molar-refractivity contribution < 1.29 is 1.43 Å². The fraction of sp³-hybridized carbons (Fsp3) is 0.538. The first kappa shape index (κ1) is 13.2. The maximum Gasteiger partial charge on any atom is 0.00761 e. The standard InChI is InChI=1S/C11H17N.C2H6.H2/c1-10(12-2)9-11-7-5-3-4-6-8-11;1-2;/h3,5-8,10,12H,4,9H2,1-2H3;1-2H3;1H. The Morgan fingerprint density at radius 2 is 2.14 bits per heavy atom.